The van der Waals surface area contributed by atoms with E-state index in [9.17, 15) is 8.78 Å². The maximum Gasteiger partial charge on any atom is 0.248 e. The molecule has 3 aliphatic carbocycles. The Morgan fingerprint density at radius 3 is 1.00 bits per heavy atom. The first-order valence-corrected chi connectivity index (χ1v) is 45.4. The SMILES string of the molecule is CCC(C)(CC)c1cc(C(C)(C)C)c(C)c2ccccc12.Cc1c(C(C)(C)C)cc(C2CCC(C)(C)CC2)c2ccccc12.Cc1c(C(C)(C)C)cc(C2CCC(F)(F)CC2)c2ccccc12.Cc1c(C(C)(C)C)cc(C2CCCCC2)c2ccccc12.Cc1c(C(C)(C)C)oc2ccccc12.Cc1c(C(C)(C)C)sc2ccccc12. The van der Waals surface area contributed by atoms with Gasteiger partial charge in [-0.3, -0.25) is 0 Å². The van der Waals surface area contributed by atoms with E-state index in [0.29, 0.717) is 18.3 Å². The molecule has 116 heavy (non-hydrogen) atoms. The second-order valence-electron chi connectivity index (χ2n) is 42.5. The predicted molar refractivity (Wildman–Crippen MR) is 509 cm³/mol. The van der Waals surface area contributed by atoms with Crippen LogP contribution in [0.3, 0.4) is 0 Å². The van der Waals surface area contributed by atoms with Gasteiger partial charge in [-0.05, 0) is 300 Å². The van der Waals surface area contributed by atoms with Gasteiger partial charge in [0.25, 0.3) is 0 Å². The van der Waals surface area contributed by atoms with Gasteiger partial charge in [0.05, 0.1) is 0 Å². The molecular formula is C112H148F2OS. The van der Waals surface area contributed by atoms with E-state index in [4.69, 9.17) is 4.42 Å². The number of para-hydroxylation sites is 1. The molecular weight excluding hydrogens is 1430 g/mol. The first-order valence-electron chi connectivity index (χ1n) is 44.6. The van der Waals surface area contributed by atoms with Gasteiger partial charge in [-0.1, -0.05) is 336 Å². The van der Waals surface area contributed by atoms with Crippen LogP contribution in [0.1, 0.15) is 362 Å². The number of alkyl halides is 2. The number of aryl methyl sites for hydroxylation is 6. The minimum atomic E-state index is -2.47. The van der Waals surface area contributed by atoms with Crippen molar-refractivity contribution in [2.75, 3.05) is 0 Å². The van der Waals surface area contributed by atoms with E-state index in [1.54, 1.807) is 11.1 Å². The molecule has 0 radical (unpaired) electrons. The van der Waals surface area contributed by atoms with Crippen LogP contribution in [-0.2, 0) is 37.9 Å². The van der Waals surface area contributed by atoms with Crippen molar-refractivity contribution in [1.29, 1.82) is 0 Å². The zero-order valence-electron chi connectivity index (χ0n) is 77.6. The average Bonchev–Trinajstić information content (AvgIpc) is 1.70. The fourth-order valence-electron chi connectivity index (χ4n) is 19.7. The Morgan fingerprint density at radius 2 is 0.647 bits per heavy atom. The molecule has 0 atom stereocenters. The smallest absolute Gasteiger partial charge is 0.248 e. The number of hydrogen-bond donors (Lipinski definition) is 0. The molecule has 3 aliphatic rings. The Morgan fingerprint density at radius 1 is 0.328 bits per heavy atom. The fraction of sp³-hybridized carbons (Fsp3) is 0.500. The Bertz CT molecular complexity index is 5120. The molecule has 622 valence electrons. The van der Waals surface area contributed by atoms with Crippen molar-refractivity contribution >= 4 is 75.5 Å². The fourth-order valence-corrected chi connectivity index (χ4v) is 20.9. The van der Waals surface area contributed by atoms with Crippen molar-refractivity contribution in [2.45, 2.75) is 359 Å². The maximum atomic E-state index is 13.5. The van der Waals surface area contributed by atoms with Crippen LogP contribution < -0.4 is 0 Å². The Hall–Kier alpha value is -7.40. The monoisotopic (exact) mass is 1580 g/mol. The lowest BCUT2D eigenvalue weighted by molar-refractivity contribution is -0.0381. The van der Waals surface area contributed by atoms with Gasteiger partial charge in [0.2, 0.25) is 5.92 Å². The standard InChI is InChI=1S/C23H32.C21H26F2.C21H28.C21H30.C13H16O.C13H16S/c1-16-18-9-7-8-10-19(18)20(15-21(16)22(2,3)4)17-11-13-23(5,6)14-12-17;1-14-16-7-5-6-8-17(16)18(13-19(14)20(2,3)4)15-9-11-21(22,23)12-10-15;1-15-17-12-8-9-13-18(17)19(14-20(15)21(2,3)4)16-10-6-5-7-11-16;1-8-21(7,9-2)19-14-18(20(4,5)6)15(3)16-12-10-11-13-17(16)19;2*1-9-10-7-5-6-8-11(10)14-12(9)13(2,3)4/h7-10,15,17H,11-14H2,1-6H3;5-8,13,15H,9-12H2,1-4H3;8-9,12-14,16H,5-7,10-11H2,1-4H3;10-14H,8-9H2,1-7H3;2*5-8H,1-4H3. The molecule has 0 amide bonds. The molecule has 2 aromatic heterocycles. The van der Waals surface area contributed by atoms with E-state index in [0.717, 1.165) is 23.2 Å². The molecule has 15 rings (SSSR count). The van der Waals surface area contributed by atoms with Gasteiger partial charge >= 0.3 is 0 Å². The third kappa shape index (κ3) is 20.9. The number of hydrogen-bond acceptors (Lipinski definition) is 2. The molecule has 0 bridgehead atoms. The highest BCUT2D eigenvalue weighted by molar-refractivity contribution is 7.19. The van der Waals surface area contributed by atoms with Crippen LogP contribution in [0.4, 0.5) is 8.78 Å². The zero-order chi connectivity index (χ0) is 85.2. The predicted octanol–water partition coefficient (Wildman–Crippen LogP) is 35.4. The van der Waals surface area contributed by atoms with Crippen molar-refractivity contribution in [1.82, 2.24) is 0 Å². The zero-order valence-corrected chi connectivity index (χ0v) is 78.4. The number of furan rings is 1. The van der Waals surface area contributed by atoms with Gasteiger partial charge in [-0.25, -0.2) is 8.78 Å². The number of fused-ring (bicyclic) bond motifs is 6. The summed E-state index contributed by atoms with van der Waals surface area (Å²) in [4.78, 5) is 1.51. The van der Waals surface area contributed by atoms with E-state index in [1.165, 1.54) is 201 Å². The van der Waals surface area contributed by atoms with Crippen molar-refractivity contribution in [3.05, 3.63) is 258 Å². The third-order valence-corrected chi connectivity index (χ3v) is 28.5. The molecule has 0 aliphatic heterocycles. The highest BCUT2D eigenvalue weighted by Crippen LogP contribution is 2.50. The Balaban J connectivity index is 0.000000148. The molecule has 0 saturated heterocycles. The Kier molecular flexibility index (Phi) is 28.1. The lowest BCUT2D eigenvalue weighted by Crippen LogP contribution is -2.24. The summed E-state index contributed by atoms with van der Waals surface area (Å²) in [6.07, 6.45) is 15.9. The Labute approximate surface area is 706 Å². The highest BCUT2D eigenvalue weighted by Gasteiger charge is 2.38. The van der Waals surface area contributed by atoms with Gasteiger partial charge in [0.15, 0.2) is 0 Å². The minimum Gasteiger partial charge on any atom is -0.460 e. The van der Waals surface area contributed by atoms with Crippen LogP contribution in [0.25, 0.3) is 64.1 Å². The van der Waals surface area contributed by atoms with Crippen LogP contribution in [0.15, 0.2) is 174 Å². The van der Waals surface area contributed by atoms with Crippen LogP contribution in [0.5, 0.6) is 0 Å². The lowest BCUT2D eigenvalue weighted by atomic mass is 9.69. The van der Waals surface area contributed by atoms with E-state index < -0.39 is 5.92 Å². The lowest BCUT2D eigenvalue weighted by Gasteiger charge is -2.36. The summed E-state index contributed by atoms with van der Waals surface area (Å²) in [5.41, 5.74) is 23.1. The molecule has 0 N–H and O–H groups in total. The summed E-state index contributed by atoms with van der Waals surface area (Å²) in [7, 11) is 0. The van der Waals surface area contributed by atoms with E-state index >= 15 is 0 Å². The van der Waals surface area contributed by atoms with Crippen molar-refractivity contribution in [2.24, 2.45) is 5.41 Å². The first-order chi connectivity index (χ1) is 54.1. The van der Waals surface area contributed by atoms with E-state index in [2.05, 4.69) is 359 Å². The summed E-state index contributed by atoms with van der Waals surface area (Å²) >= 11 is 1.93. The number of rotatable bonds is 6. The second kappa shape index (κ2) is 35.9. The van der Waals surface area contributed by atoms with Crippen LogP contribution >= 0.6 is 11.3 Å². The van der Waals surface area contributed by atoms with Crippen molar-refractivity contribution in [3.63, 3.8) is 0 Å². The number of halogens is 2. The summed E-state index contributed by atoms with van der Waals surface area (Å²) < 4.78 is 34.4. The van der Waals surface area contributed by atoms with Gasteiger partial charge in [-0.2, -0.15) is 0 Å². The summed E-state index contributed by atoms with van der Waals surface area (Å²) in [6, 6.07) is 62.2. The van der Waals surface area contributed by atoms with E-state index in [-0.39, 0.29) is 56.7 Å². The molecule has 3 fully saturated rings. The molecule has 2 heterocycles. The van der Waals surface area contributed by atoms with Gasteiger partial charge in [0, 0.05) is 33.2 Å². The maximum absolute atomic E-state index is 13.5. The van der Waals surface area contributed by atoms with Crippen LogP contribution in [0, 0.1) is 47.0 Å². The van der Waals surface area contributed by atoms with Gasteiger partial charge < -0.3 is 4.42 Å². The molecule has 0 spiro atoms. The van der Waals surface area contributed by atoms with Crippen molar-refractivity contribution < 1.29 is 13.2 Å². The molecule has 1 nitrogen and oxygen atoms in total. The van der Waals surface area contributed by atoms with E-state index in [1.807, 2.05) is 23.5 Å². The van der Waals surface area contributed by atoms with Crippen LogP contribution in [-0.4, -0.2) is 5.92 Å². The summed E-state index contributed by atoms with van der Waals surface area (Å²) in [6.45, 7) is 66.4. The highest BCUT2D eigenvalue weighted by atomic mass is 32.1. The van der Waals surface area contributed by atoms with Crippen LogP contribution in [0.2, 0.25) is 0 Å². The molecule has 12 aromatic rings. The average molecular weight is 1580 g/mol. The molecule has 3 saturated carbocycles. The first kappa shape index (κ1) is 90.9. The largest absolute Gasteiger partial charge is 0.460 e. The topological polar surface area (TPSA) is 13.1 Å². The normalized spacial score (nSPS) is 16.1. The van der Waals surface area contributed by atoms with Crippen molar-refractivity contribution in [3.8, 4) is 0 Å². The molecule has 10 aromatic carbocycles. The number of benzene rings is 10. The second-order valence-corrected chi connectivity index (χ2v) is 43.5. The van der Waals surface area contributed by atoms with Gasteiger partial charge in [-0.15, -0.1) is 11.3 Å². The van der Waals surface area contributed by atoms with Gasteiger partial charge in [0.1, 0.15) is 11.3 Å². The summed E-state index contributed by atoms with van der Waals surface area (Å²) in [5.74, 6) is 0.379. The number of thiophene rings is 1. The minimum absolute atomic E-state index is 0.0186. The molecule has 4 heteroatoms. The molecule has 0 unspecified atom stereocenters. The quantitative estimate of drug-likeness (QED) is 0.162. The third-order valence-electron chi connectivity index (χ3n) is 26.8. The summed E-state index contributed by atoms with van der Waals surface area (Å²) in [5, 5.41) is 13.9.